The molecule has 0 fully saturated rings. The summed E-state index contributed by atoms with van der Waals surface area (Å²) in [6.45, 7) is 0.556. The summed E-state index contributed by atoms with van der Waals surface area (Å²) in [4.78, 5) is 9.76. The van der Waals surface area contributed by atoms with Gasteiger partial charge in [-0.15, -0.1) is 0 Å². The number of nitrogens with zero attached hydrogens (tertiary/aromatic N) is 2. The van der Waals surface area contributed by atoms with Crippen LogP contribution >= 0.6 is 0 Å². The highest BCUT2D eigenvalue weighted by Gasteiger charge is 2.34. The molecule has 1 aromatic carbocycles. The van der Waals surface area contributed by atoms with Crippen LogP contribution in [0.15, 0.2) is 29.2 Å². The quantitative estimate of drug-likeness (QED) is 0.527. The number of para-hydroxylation sites is 1. The lowest BCUT2D eigenvalue weighted by Crippen LogP contribution is -2.43. The van der Waals surface area contributed by atoms with E-state index in [4.69, 9.17) is 5.11 Å². The van der Waals surface area contributed by atoms with Gasteiger partial charge in [-0.2, -0.15) is 4.31 Å². The molecule has 1 atom stereocenters. The van der Waals surface area contributed by atoms with Crippen LogP contribution in [0.4, 0.5) is 5.69 Å². The van der Waals surface area contributed by atoms with Crippen molar-refractivity contribution in [1.29, 1.82) is 0 Å². The van der Waals surface area contributed by atoms with E-state index in [1.54, 1.807) is 6.92 Å². The average Bonchev–Trinajstić information content (AvgIpc) is 2.47. The first kappa shape index (κ1) is 17.5. The summed E-state index contributed by atoms with van der Waals surface area (Å²) in [5, 5.41) is 29.3. The van der Waals surface area contributed by atoms with E-state index in [-0.39, 0.29) is 6.54 Å². The van der Waals surface area contributed by atoms with Gasteiger partial charge in [0.2, 0.25) is 10.0 Å². The molecule has 1 aromatic rings. The molecule has 0 saturated heterocycles. The van der Waals surface area contributed by atoms with Crippen molar-refractivity contribution in [2.24, 2.45) is 0 Å². The van der Waals surface area contributed by atoms with Crippen molar-refractivity contribution in [2.75, 3.05) is 19.8 Å². The fourth-order valence-corrected chi connectivity index (χ4v) is 3.81. The highest BCUT2D eigenvalue weighted by Crippen LogP contribution is 2.27. The lowest BCUT2D eigenvalue weighted by atomic mass is 10.2. The van der Waals surface area contributed by atoms with E-state index in [1.807, 2.05) is 0 Å². The summed E-state index contributed by atoms with van der Waals surface area (Å²) in [7, 11) is -4.19. The second kappa shape index (κ2) is 7.46. The molecule has 0 aliphatic carbocycles. The third kappa shape index (κ3) is 3.76. The van der Waals surface area contributed by atoms with Gasteiger partial charge in [0, 0.05) is 18.7 Å². The molecule has 0 saturated carbocycles. The number of hydrogen-bond acceptors (Lipinski definition) is 6. The fourth-order valence-electron chi connectivity index (χ4n) is 1.97. The average molecular weight is 318 g/mol. The number of hydrogen-bond donors (Lipinski definition) is 2. The molecule has 0 spiro atoms. The molecule has 0 aliphatic heterocycles. The third-order valence-electron chi connectivity index (χ3n) is 3.06. The van der Waals surface area contributed by atoms with Gasteiger partial charge in [-0.25, -0.2) is 8.42 Å². The molecule has 1 rings (SSSR count). The van der Waals surface area contributed by atoms with Crippen LogP contribution in [0.5, 0.6) is 0 Å². The number of aliphatic hydroxyl groups excluding tert-OH is 2. The maximum absolute atomic E-state index is 12.6. The van der Waals surface area contributed by atoms with Crippen LogP contribution in [0.1, 0.15) is 13.3 Å². The van der Waals surface area contributed by atoms with E-state index >= 15 is 0 Å². The number of nitro benzene ring substituents is 1. The minimum absolute atomic E-state index is 0.243. The lowest BCUT2D eigenvalue weighted by Gasteiger charge is -2.28. The topological polar surface area (TPSA) is 121 Å². The highest BCUT2D eigenvalue weighted by atomic mass is 32.2. The van der Waals surface area contributed by atoms with E-state index in [1.165, 1.54) is 12.1 Å². The molecule has 21 heavy (non-hydrogen) atoms. The fraction of sp³-hybridized carbons (Fsp3) is 0.500. The van der Waals surface area contributed by atoms with Crippen LogP contribution in [-0.2, 0) is 10.0 Å². The Morgan fingerprint density at radius 3 is 2.43 bits per heavy atom. The number of benzene rings is 1. The molecule has 0 bridgehead atoms. The molecule has 0 radical (unpaired) electrons. The maximum Gasteiger partial charge on any atom is 0.289 e. The Bertz CT molecular complexity index is 585. The van der Waals surface area contributed by atoms with E-state index in [2.05, 4.69) is 0 Å². The Hall–Kier alpha value is -1.55. The van der Waals surface area contributed by atoms with Gasteiger partial charge in [-0.1, -0.05) is 19.1 Å². The number of sulfonamides is 1. The minimum atomic E-state index is -4.19. The minimum Gasteiger partial charge on any atom is -0.395 e. The van der Waals surface area contributed by atoms with Crippen molar-refractivity contribution in [3.8, 4) is 0 Å². The lowest BCUT2D eigenvalue weighted by molar-refractivity contribution is -0.387. The van der Waals surface area contributed by atoms with Crippen LogP contribution in [-0.4, -0.2) is 53.7 Å². The van der Waals surface area contributed by atoms with E-state index in [0.29, 0.717) is 6.42 Å². The van der Waals surface area contributed by atoms with Crippen LogP contribution in [0.25, 0.3) is 0 Å². The molecule has 8 nitrogen and oxygen atoms in total. The summed E-state index contributed by atoms with van der Waals surface area (Å²) in [5.41, 5.74) is -0.534. The molecule has 118 valence electrons. The largest absolute Gasteiger partial charge is 0.395 e. The summed E-state index contributed by atoms with van der Waals surface area (Å²) in [5.74, 6) is 0. The zero-order chi connectivity index (χ0) is 16.0. The molecular formula is C12H18N2O6S. The Balaban J connectivity index is 3.39. The molecule has 0 aromatic heterocycles. The summed E-state index contributed by atoms with van der Waals surface area (Å²) in [6, 6.07) is 4.25. The van der Waals surface area contributed by atoms with Gasteiger partial charge in [-0.3, -0.25) is 10.1 Å². The first-order valence-electron chi connectivity index (χ1n) is 6.37. The van der Waals surface area contributed by atoms with Crippen molar-refractivity contribution in [2.45, 2.75) is 24.3 Å². The monoisotopic (exact) mass is 318 g/mol. The molecule has 0 heterocycles. The normalized spacial score (nSPS) is 13.3. The maximum atomic E-state index is 12.6. The van der Waals surface area contributed by atoms with E-state index in [9.17, 15) is 23.6 Å². The summed E-state index contributed by atoms with van der Waals surface area (Å²) in [6.07, 6.45) is 0.316. The molecule has 0 unspecified atom stereocenters. The van der Waals surface area contributed by atoms with Gasteiger partial charge in [0.1, 0.15) is 0 Å². The summed E-state index contributed by atoms with van der Waals surface area (Å²) >= 11 is 0. The van der Waals surface area contributed by atoms with Crippen molar-refractivity contribution in [3.63, 3.8) is 0 Å². The van der Waals surface area contributed by atoms with Crippen molar-refractivity contribution < 1.29 is 23.6 Å². The molecule has 0 aliphatic rings. The highest BCUT2D eigenvalue weighted by molar-refractivity contribution is 7.89. The van der Waals surface area contributed by atoms with Gasteiger partial charge in [0.25, 0.3) is 5.69 Å². The molecule has 0 amide bonds. The van der Waals surface area contributed by atoms with Crippen LogP contribution in [0, 0.1) is 10.1 Å². The van der Waals surface area contributed by atoms with Crippen molar-refractivity contribution in [3.05, 3.63) is 34.4 Å². The predicted octanol–water partition coefficient (Wildman–Crippen LogP) is 0.349. The first-order chi connectivity index (χ1) is 9.89. The standard InChI is InChI=1S/C12H18N2O6S/c1-2-10(9-16)13(7-8-15)21(19,20)12-6-4-3-5-11(12)14(17)18/h3-6,10,15-16H,2,7-9H2,1H3/t10-/m0/s1. The Kier molecular flexibility index (Phi) is 6.21. The number of aliphatic hydroxyl groups is 2. The van der Waals surface area contributed by atoms with Crippen molar-refractivity contribution >= 4 is 15.7 Å². The van der Waals surface area contributed by atoms with E-state index < -0.39 is 44.8 Å². The number of rotatable bonds is 8. The van der Waals surface area contributed by atoms with Gasteiger partial charge >= 0.3 is 0 Å². The Morgan fingerprint density at radius 2 is 1.95 bits per heavy atom. The second-order valence-corrected chi connectivity index (χ2v) is 6.17. The first-order valence-corrected chi connectivity index (χ1v) is 7.81. The van der Waals surface area contributed by atoms with Gasteiger partial charge < -0.3 is 10.2 Å². The Morgan fingerprint density at radius 1 is 1.33 bits per heavy atom. The molecule has 2 N–H and O–H groups in total. The Labute approximate surface area is 122 Å². The second-order valence-electron chi connectivity index (χ2n) is 4.31. The van der Waals surface area contributed by atoms with Gasteiger partial charge in [0.15, 0.2) is 4.90 Å². The molecule has 9 heteroatoms. The van der Waals surface area contributed by atoms with Gasteiger partial charge in [0.05, 0.1) is 18.1 Å². The zero-order valence-corrected chi connectivity index (χ0v) is 12.4. The zero-order valence-electron chi connectivity index (χ0n) is 11.5. The van der Waals surface area contributed by atoms with E-state index in [0.717, 1.165) is 16.4 Å². The third-order valence-corrected chi connectivity index (χ3v) is 5.06. The van der Waals surface area contributed by atoms with Gasteiger partial charge in [-0.05, 0) is 12.5 Å². The van der Waals surface area contributed by atoms with Crippen molar-refractivity contribution in [1.82, 2.24) is 4.31 Å². The SMILES string of the molecule is CC[C@@H](CO)N(CCO)S(=O)(=O)c1ccccc1[N+](=O)[O-]. The summed E-state index contributed by atoms with van der Waals surface area (Å²) < 4.78 is 26.1. The van der Waals surface area contributed by atoms with Crippen LogP contribution < -0.4 is 0 Å². The smallest absolute Gasteiger partial charge is 0.289 e. The van der Waals surface area contributed by atoms with Crippen LogP contribution in [0.2, 0.25) is 0 Å². The van der Waals surface area contributed by atoms with Crippen LogP contribution in [0.3, 0.4) is 0 Å². The molecular weight excluding hydrogens is 300 g/mol. The number of nitro groups is 1. The predicted molar refractivity (Wildman–Crippen MR) is 75.2 cm³/mol.